The molecule has 0 bridgehead atoms. The van der Waals surface area contributed by atoms with Crippen LogP contribution in [0, 0.1) is 13.8 Å². The van der Waals surface area contributed by atoms with Gasteiger partial charge in [0.15, 0.2) is 0 Å². The summed E-state index contributed by atoms with van der Waals surface area (Å²) in [6, 6.07) is 14.2. The molecular formula is C28H34N4O2. The zero-order valence-electron chi connectivity index (χ0n) is 20.2. The van der Waals surface area contributed by atoms with Crippen LogP contribution in [0.15, 0.2) is 42.5 Å². The lowest BCUT2D eigenvalue weighted by Gasteiger charge is -2.40. The lowest BCUT2D eigenvalue weighted by Crippen LogP contribution is -2.52. The first-order valence-corrected chi connectivity index (χ1v) is 12.5. The van der Waals surface area contributed by atoms with Crippen LogP contribution in [0.1, 0.15) is 64.1 Å². The second kappa shape index (κ2) is 9.63. The Morgan fingerprint density at radius 1 is 0.882 bits per heavy atom. The number of H-pyrrole nitrogens is 1. The number of carbonyl (C=O) groups is 2. The molecule has 1 saturated carbocycles. The second-order valence-corrected chi connectivity index (χ2v) is 9.86. The Labute approximate surface area is 201 Å². The van der Waals surface area contributed by atoms with Gasteiger partial charge in [-0.15, -0.1) is 0 Å². The molecule has 1 aliphatic carbocycles. The van der Waals surface area contributed by atoms with E-state index in [4.69, 9.17) is 0 Å². The molecule has 178 valence electrons. The van der Waals surface area contributed by atoms with E-state index in [0.717, 1.165) is 48.2 Å². The molecule has 1 aliphatic heterocycles. The number of benzene rings is 2. The summed E-state index contributed by atoms with van der Waals surface area (Å²) in [6.07, 6.45) is 6.56. The predicted octanol–water partition coefficient (Wildman–Crippen LogP) is 5.13. The zero-order valence-corrected chi connectivity index (χ0v) is 20.2. The van der Waals surface area contributed by atoms with Gasteiger partial charge in [0, 0.05) is 48.7 Å². The van der Waals surface area contributed by atoms with E-state index >= 15 is 0 Å². The van der Waals surface area contributed by atoms with E-state index in [-0.39, 0.29) is 11.8 Å². The summed E-state index contributed by atoms with van der Waals surface area (Å²) in [5.41, 5.74) is 4.65. The molecule has 34 heavy (non-hydrogen) atoms. The van der Waals surface area contributed by atoms with Crippen LogP contribution in [0.25, 0.3) is 10.9 Å². The van der Waals surface area contributed by atoms with Crippen molar-refractivity contribution in [2.45, 2.75) is 52.0 Å². The van der Waals surface area contributed by atoms with Crippen LogP contribution >= 0.6 is 0 Å². The largest absolute Gasteiger partial charge is 0.349 e. The highest BCUT2D eigenvalue weighted by Gasteiger charge is 2.30. The molecule has 1 saturated heterocycles. The van der Waals surface area contributed by atoms with Crippen LogP contribution < -0.4 is 5.32 Å². The van der Waals surface area contributed by atoms with Crippen molar-refractivity contribution in [2.24, 2.45) is 0 Å². The fourth-order valence-corrected chi connectivity index (χ4v) is 5.38. The van der Waals surface area contributed by atoms with E-state index < -0.39 is 0 Å². The Morgan fingerprint density at radius 3 is 2.26 bits per heavy atom. The van der Waals surface area contributed by atoms with Crippen LogP contribution in [0.4, 0.5) is 5.69 Å². The number of hydrogen-bond donors (Lipinski definition) is 2. The van der Waals surface area contributed by atoms with Crippen molar-refractivity contribution in [1.82, 2.24) is 14.8 Å². The van der Waals surface area contributed by atoms with E-state index in [2.05, 4.69) is 15.2 Å². The van der Waals surface area contributed by atoms with Crippen molar-refractivity contribution in [2.75, 3.05) is 31.5 Å². The van der Waals surface area contributed by atoms with Crippen LogP contribution in [0.3, 0.4) is 0 Å². The number of amides is 2. The molecule has 2 aliphatic rings. The Morgan fingerprint density at radius 2 is 1.56 bits per heavy atom. The molecule has 2 aromatic carbocycles. The maximum atomic E-state index is 13.6. The Bertz CT molecular complexity index is 1180. The molecule has 0 spiro atoms. The number of piperazine rings is 1. The van der Waals surface area contributed by atoms with Crippen LogP contribution in [-0.2, 0) is 0 Å². The normalized spacial score (nSPS) is 17.8. The highest BCUT2D eigenvalue weighted by molar-refractivity contribution is 6.15. The van der Waals surface area contributed by atoms with Gasteiger partial charge < -0.3 is 15.2 Å². The van der Waals surface area contributed by atoms with Gasteiger partial charge in [-0.1, -0.05) is 48.6 Å². The summed E-state index contributed by atoms with van der Waals surface area (Å²) in [7, 11) is 0. The van der Waals surface area contributed by atoms with Gasteiger partial charge >= 0.3 is 0 Å². The monoisotopic (exact) mass is 458 g/mol. The van der Waals surface area contributed by atoms with Gasteiger partial charge in [-0.05, 0) is 51.0 Å². The Kier molecular flexibility index (Phi) is 6.42. The molecule has 2 heterocycles. The SMILES string of the molecule is Cc1ccc(C(=O)Nc2c(C(=O)N3CCN(C4CCCCC4)CC3)[nH]c3ccc(C)cc23)cc1. The summed E-state index contributed by atoms with van der Waals surface area (Å²) in [5, 5.41) is 3.91. The van der Waals surface area contributed by atoms with Crippen molar-refractivity contribution in [3.05, 3.63) is 64.8 Å². The van der Waals surface area contributed by atoms with Crippen molar-refractivity contribution in [3.8, 4) is 0 Å². The Balaban J connectivity index is 1.38. The number of aryl methyl sites for hydroxylation is 2. The third-order valence-electron chi connectivity index (χ3n) is 7.41. The number of aromatic nitrogens is 1. The van der Waals surface area contributed by atoms with Crippen molar-refractivity contribution < 1.29 is 9.59 Å². The van der Waals surface area contributed by atoms with E-state index in [1.165, 1.54) is 32.1 Å². The lowest BCUT2D eigenvalue weighted by atomic mass is 9.94. The summed E-state index contributed by atoms with van der Waals surface area (Å²) >= 11 is 0. The molecule has 0 atom stereocenters. The number of nitrogens with one attached hydrogen (secondary N) is 2. The molecule has 5 rings (SSSR count). The second-order valence-electron chi connectivity index (χ2n) is 9.86. The molecule has 3 aromatic rings. The van der Waals surface area contributed by atoms with Crippen LogP contribution in [0.5, 0.6) is 0 Å². The molecule has 1 aromatic heterocycles. The quantitative estimate of drug-likeness (QED) is 0.570. The average Bonchev–Trinajstić information content (AvgIpc) is 3.22. The molecule has 0 radical (unpaired) electrons. The summed E-state index contributed by atoms with van der Waals surface area (Å²) in [4.78, 5) is 34.5. The molecule has 0 unspecified atom stereocenters. The smallest absolute Gasteiger partial charge is 0.272 e. The lowest BCUT2D eigenvalue weighted by molar-refractivity contribution is 0.0520. The van der Waals surface area contributed by atoms with Gasteiger partial charge in [0.1, 0.15) is 5.69 Å². The number of carbonyl (C=O) groups excluding carboxylic acids is 2. The highest BCUT2D eigenvalue weighted by atomic mass is 16.2. The fraction of sp³-hybridized carbons (Fsp3) is 0.429. The standard InChI is InChI=1S/C28H34N4O2/c1-19-8-11-21(12-9-19)27(33)30-25-23-18-20(2)10-13-24(23)29-26(25)28(34)32-16-14-31(15-17-32)22-6-4-3-5-7-22/h8-13,18,22,29H,3-7,14-17H2,1-2H3,(H,30,33). The predicted molar refractivity (Wildman–Crippen MR) is 137 cm³/mol. The molecule has 2 fully saturated rings. The summed E-state index contributed by atoms with van der Waals surface area (Å²) < 4.78 is 0. The average molecular weight is 459 g/mol. The van der Waals surface area contributed by atoms with Crippen molar-refractivity contribution in [1.29, 1.82) is 0 Å². The van der Waals surface area contributed by atoms with Gasteiger partial charge in [-0.25, -0.2) is 0 Å². The third-order valence-corrected chi connectivity index (χ3v) is 7.41. The molecule has 2 N–H and O–H groups in total. The number of rotatable bonds is 4. The van der Waals surface area contributed by atoms with Crippen molar-refractivity contribution in [3.63, 3.8) is 0 Å². The van der Waals surface area contributed by atoms with E-state index in [9.17, 15) is 9.59 Å². The van der Waals surface area contributed by atoms with Crippen LogP contribution in [0.2, 0.25) is 0 Å². The molecule has 6 heteroatoms. The highest BCUT2D eigenvalue weighted by Crippen LogP contribution is 2.31. The minimum absolute atomic E-state index is 0.0450. The molecular weight excluding hydrogens is 424 g/mol. The van der Waals surface area contributed by atoms with Gasteiger partial charge in [-0.2, -0.15) is 0 Å². The van der Waals surface area contributed by atoms with Gasteiger partial charge in [0.05, 0.1) is 5.69 Å². The first-order chi connectivity index (χ1) is 16.5. The fourth-order valence-electron chi connectivity index (χ4n) is 5.38. The number of aromatic amines is 1. The minimum atomic E-state index is -0.210. The Hall–Kier alpha value is -3.12. The molecule has 2 amide bonds. The zero-order chi connectivity index (χ0) is 23.7. The first-order valence-electron chi connectivity index (χ1n) is 12.5. The number of anilines is 1. The molecule has 6 nitrogen and oxygen atoms in total. The van der Waals surface area contributed by atoms with E-state index in [1.807, 2.05) is 61.2 Å². The van der Waals surface area contributed by atoms with Crippen molar-refractivity contribution >= 4 is 28.4 Å². The maximum Gasteiger partial charge on any atom is 0.272 e. The number of nitrogens with zero attached hydrogens (tertiary/aromatic N) is 2. The summed E-state index contributed by atoms with van der Waals surface area (Å²) in [5.74, 6) is -0.255. The topological polar surface area (TPSA) is 68.4 Å². The van der Waals surface area contributed by atoms with Crippen LogP contribution in [-0.4, -0.2) is 58.8 Å². The number of fused-ring (bicyclic) bond motifs is 1. The number of hydrogen-bond acceptors (Lipinski definition) is 3. The van der Waals surface area contributed by atoms with Gasteiger partial charge in [-0.3, -0.25) is 14.5 Å². The minimum Gasteiger partial charge on any atom is -0.349 e. The summed E-state index contributed by atoms with van der Waals surface area (Å²) in [6.45, 7) is 7.28. The van der Waals surface area contributed by atoms with E-state index in [1.54, 1.807) is 0 Å². The maximum absolute atomic E-state index is 13.6. The van der Waals surface area contributed by atoms with Gasteiger partial charge in [0.2, 0.25) is 0 Å². The third kappa shape index (κ3) is 4.60. The van der Waals surface area contributed by atoms with E-state index in [0.29, 0.717) is 23.0 Å². The first kappa shape index (κ1) is 22.7. The van der Waals surface area contributed by atoms with Gasteiger partial charge in [0.25, 0.3) is 11.8 Å².